The van der Waals surface area contributed by atoms with Crippen molar-refractivity contribution in [2.24, 2.45) is 0 Å². The number of hydrogen-bond donors (Lipinski definition) is 3. The average molecular weight is 869 g/mol. The summed E-state index contributed by atoms with van der Waals surface area (Å²) >= 11 is 0. The van der Waals surface area contributed by atoms with Crippen molar-refractivity contribution in [3.05, 3.63) is 117 Å². The van der Waals surface area contributed by atoms with Gasteiger partial charge in [-0.05, 0) is 129 Å². The monoisotopic (exact) mass is 868 g/mol. The molecule has 0 aliphatic carbocycles. The molecule has 0 saturated carbocycles. The molecule has 0 amide bonds. The van der Waals surface area contributed by atoms with E-state index in [-0.39, 0.29) is 58.9 Å². The Morgan fingerprint density at radius 1 is 0.705 bits per heavy atom. The standard InChI is InChI=1S/C49H60N4O7.Fe/c1-9-33-30(6)37-24-42-47(44(54)18-12-17-29(5)16-11-15-28(4)14-10-13-27(2)3)32(8)38(52-42)25-43-48(49(59)60)35(20-22-46(57)58)41(53-43)26-40-34(19-21-45(55)56)31(7)36(51-40)23-39(33)50-37;/h9,13,15,17,23-26,44,49,54,59-60H,1,10-12,14,16,18-22H2,2-8H3,(H4,50,51,52,53,55,56,57,58);/p-4/b28-15+,29-17+,36-23?,37-24?,38-25?,39-23?,40-26?,41-26?,42-24?,43-25?;/t44-;/m0./s1. The number of carboxylic acid groups (broad SMARTS) is 2. The van der Waals surface area contributed by atoms with E-state index in [0.29, 0.717) is 68.6 Å². The van der Waals surface area contributed by atoms with Crippen LogP contribution in [0.4, 0.5) is 0 Å². The number of hydrogen-bond acceptors (Lipinski definition) is 9. The van der Waals surface area contributed by atoms with E-state index in [1.165, 1.54) is 16.7 Å². The van der Waals surface area contributed by atoms with Crippen LogP contribution in [0, 0.1) is 13.8 Å². The van der Waals surface area contributed by atoms with E-state index in [9.17, 15) is 35.1 Å². The number of nitrogens with zero attached hydrogens (tertiary/aromatic N) is 4. The number of aliphatic hydroxyl groups excluding tert-OH is 2. The number of fused-ring (bicyclic) bond motifs is 8. The summed E-state index contributed by atoms with van der Waals surface area (Å²) in [5.74, 6) is -2.56. The second-order valence-electron chi connectivity index (χ2n) is 16.1. The molecule has 3 aromatic rings. The molecular formula is C49H56FeN4O7-4. The fraction of sp³-hybridized carbons (Fsp3) is 0.388. The van der Waals surface area contributed by atoms with Crippen LogP contribution < -0.4 is 20.2 Å². The molecule has 326 valence electrons. The van der Waals surface area contributed by atoms with Gasteiger partial charge in [-0.15, -0.1) is 22.1 Å². The van der Waals surface area contributed by atoms with E-state index in [2.05, 4.69) is 52.5 Å². The van der Waals surface area contributed by atoms with Gasteiger partial charge in [0, 0.05) is 40.2 Å². The number of aromatic nitrogens is 4. The van der Waals surface area contributed by atoms with Gasteiger partial charge in [-0.1, -0.05) is 88.6 Å². The minimum Gasteiger partial charge on any atom is -0.657 e. The summed E-state index contributed by atoms with van der Waals surface area (Å²) in [6.07, 6.45) is 9.83. The minimum atomic E-state index is -2.03. The Morgan fingerprint density at radius 3 is 1.87 bits per heavy atom. The summed E-state index contributed by atoms with van der Waals surface area (Å²) in [5, 5.41) is 56.6. The van der Waals surface area contributed by atoms with Crippen LogP contribution >= 0.6 is 0 Å². The molecule has 5 heterocycles. The van der Waals surface area contributed by atoms with E-state index in [0.717, 1.165) is 36.8 Å². The van der Waals surface area contributed by atoms with Crippen LogP contribution in [0.3, 0.4) is 0 Å². The summed E-state index contributed by atoms with van der Waals surface area (Å²) in [5.41, 5.74) is 11.9. The Balaban J connectivity index is 0.00000819. The molecule has 3 aromatic heterocycles. The van der Waals surface area contributed by atoms with Crippen molar-refractivity contribution < 1.29 is 52.2 Å². The summed E-state index contributed by atoms with van der Waals surface area (Å²) in [4.78, 5) is 42.9. The topological polar surface area (TPSA) is 195 Å². The maximum atomic E-state index is 11.9. The van der Waals surface area contributed by atoms with Crippen LogP contribution in [-0.4, -0.2) is 43.5 Å². The second kappa shape index (κ2) is 21.6. The molecule has 8 bridgehead atoms. The largest absolute Gasteiger partial charge is 0.657 e. The quantitative estimate of drug-likeness (QED) is 0.0679. The molecule has 5 rings (SSSR count). The zero-order chi connectivity index (χ0) is 43.8. The van der Waals surface area contributed by atoms with Crippen LogP contribution in [0.2, 0.25) is 0 Å². The Morgan fingerprint density at radius 2 is 1.25 bits per heavy atom. The van der Waals surface area contributed by atoms with Gasteiger partial charge in [0.2, 0.25) is 0 Å². The van der Waals surface area contributed by atoms with Gasteiger partial charge in [0.25, 0.3) is 0 Å². The van der Waals surface area contributed by atoms with Gasteiger partial charge in [-0.25, -0.2) is 9.97 Å². The van der Waals surface area contributed by atoms with Crippen molar-refractivity contribution in [3.63, 3.8) is 0 Å². The van der Waals surface area contributed by atoms with Crippen LogP contribution in [0.15, 0.2) is 71.9 Å². The molecule has 0 aromatic carbocycles. The maximum Gasteiger partial charge on any atom is 0.180 e. The predicted octanol–water partition coefficient (Wildman–Crippen LogP) is 6.97. The minimum absolute atomic E-state index is 0. The molecule has 0 fully saturated rings. The molecule has 11 nitrogen and oxygen atoms in total. The fourth-order valence-corrected chi connectivity index (χ4v) is 7.86. The Labute approximate surface area is 369 Å². The molecule has 3 N–H and O–H groups in total. The number of rotatable bonds is 18. The molecule has 2 aliphatic rings. The predicted molar refractivity (Wildman–Crippen MR) is 233 cm³/mol. The van der Waals surface area contributed by atoms with E-state index in [1.807, 2.05) is 26.8 Å². The summed E-state index contributed by atoms with van der Waals surface area (Å²) < 4.78 is 0. The number of allylic oxidation sites excluding steroid dienone is 10. The SMILES string of the molecule is C=CC1=C(C)c2cc3[n-]c(cc4nc(cc5[n-]c(cc1n2)c(C)c5CCC(=O)[O-])C(CCC(=O)[O-])=C4C(O)O)c(C)c3[C@@H](O)CC/C=C(\C)CC/C=C(\C)CCC=C(C)C.[Fe]. The van der Waals surface area contributed by atoms with E-state index < -0.39 is 30.8 Å². The second-order valence-corrected chi connectivity index (χ2v) is 16.1. The third kappa shape index (κ3) is 12.1. The van der Waals surface area contributed by atoms with Gasteiger partial charge in [-0.2, -0.15) is 0 Å². The van der Waals surface area contributed by atoms with Crippen LogP contribution in [0.25, 0.3) is 44.4 Å². The fourth-order valence-electron chi connectivity index (χ4n) is 7.86. The third-order valence-corrected chi connectivity index (χ3v) is 11.3. The van der Waals surface area contributed by atoms with Crippen LogP contribution in [0.1, 0.15) is 144 Å². The number of carboxylic acids is 2. The average Bonchev–Trinajstić information content (AvgIpc) is 3.85. The van der Waals surface area contributed by atoms with E-state index >= 15 is 0 Å². The molecular weight excluding hydrogens is 812 g/mol. The van der Waals surface area contributed by atoms with E-state index in [4.69, 9.17) is 19.9 Å². The molecule has 0 radical (unpaired) electrons. The van der Waals surface area contributed by atoms with Crippen molar-refractivity contribution in [1.29, 1.82) is 0 Å². The summed E-state index contributed by atoms with van der Waals surface area (Å²) in [6.45, 7) is 18.2. The van der Waals surface area contributed by atoms with Gasteiger partial charge in [0.1, 0.15) is 0 Å². The normalized spacial score (nSPS) is 13.8. The molecule has 2 aliphatic heterocycles. The van der Waals surface area contributed by atoms with Crippen molar-refractivity contribution in [2.75, 3.05) is 0 Å². The number of carbonyl (C=O) groups excluding carboxylic acids is 2. The first-order chi connectivity index (χ1) is 28.5. The van der Waals surface area contributed by atoms with E-state index in [1.54, 1.807) is 24.3 Å². The maximum absolute atomic E-state index is 11.9. The van der Waals surface area contributed by atoms with Gasteiger partial charge < -0.3 is 45.1 Å². The Kier molecular flexibility index (Phi) is 17.2. The number of carbonyl (C=O) groups is 2. The first-order valence-electron chi connectivity index (χ1n) is 20.6. The summed E-state index contributed by atoms with van der Waals surface area (Å²) in [7, 11) is 0. The number of aliphatic carboxylic acids is 2. The molecule has 0 unspecified atom stereocenters. The zero-order valence-electron chi connectivity index (χ0n) is 36.2. The third-order valence-electron chi connectivity index (χ3n) is 11.3. The molecule has 61 heavy (non-hydrogen) atoms. The number of aliphatic hydroxyl groups is 3. The Hall–Kier alpha value is -5.10. The van der Waals surface area contributed by atoms with Crippen LogP contribution in [-0.2, 0) is 33.1 Å². The van der Waals surface area contributed by atoms with Gasteiger partial charge in [0.05, 0.1) is 28.9 Å². The zero-order valence-corrected chi connectivity index (χ0v) is 37.3. The van der Waals surface area contributed by atoms with Crippen molar-refractivity contribution in [2.45, 2.75) is 125 Å². The van der Waals surface area contributed by atoms with Gasteiger partial charge >= 0.3 is 0 Å². The van der Waals surface area contributed by atoms with Gasteiger partial charge in [0.15, 0.2) is 6.29 Å². The van der Waals surface area contributed by atoms with Crippen molar-refractivity contribution in [3.8, 4) is 0 Å². The smallest absolute Gasteiger partial charge is 0.180 e. The molecule has 1 atom stereocenters. The molecule has 0 saturated heterocycles. The first kappa shape index (κ1) is 48.6. The number of aryl methyl sites for hydroxylation is 3. The summed E-state index contributed by atoms with van der Waals surface area (Å²) in [6, 6.07) is 6.85. The molecule has 12 heteroatoms. The van der Waals surface area contributed by atoms with Crippen LogP contribution in [0.5, 0.6) is 0 Å². The Bertz CT molecular complexity index is 2490. The first-order valence-corrected chi connectivity index (χ1v) is 20.6. The van der Waals surface area contributed by atoms with Gasteiger partial charge in [-0.3, -0.25) is 0 Å². The molecule has 0 spiro atoms. The van der Waals surface area contributed by atoms with Crippen molar-refractivity contribution in [1.82, 2.24) is 19.9 Å². The van der Waals surface area contributed by atoms with Crippen molar-refractivity contribution >= 4 is 56.3 Å².